The van der Waals surface area contributed by atoms with Crippen molar-refractivity contribution in [2.24, 2.45) is 0 Å². The minimum Gasteiger partial charge on any atom is -0.488 e. The zero-order chi connectivity index (χ0) is 18.5. The van der Waals surface area contributed by atoms with Crippen LogP contribution in [0.2, 0.25) is 5.02 Å². The lowest BCUT2D eigenvalue weighted by Crippen LogP contribution is -2.37. The van der Waals surface area contributed by atoms with Crippen LogP contribution in [0.1, 0.15) is 35.7 Å². The smallest absolute Gasteiger partial charge is 0.342 e. The van der Waals surface area contributed by atoms with Crippen molar-refractivity contribution in [3.63, 3.8) is 0 Å². The summed E-state index contributed by atoms with van der Waals surface area (Å²) < 4.78 is 11.0. The van der Waals surface area contributed by atoms with Crippen LogP contribution in [0.25, 0.3) is 0 Å². The molecule has 0 bridgehead atoms. The Balaban J connectivity index is 1.64. The number of amides is 1. The summed E-state index contributed by atoms with van der Waals surface area (Å²) in [6.45, 7) is 1.78. The molecule has 6 heteroatoms. The Morgan fingerprint density at radius 2 is 1.85 bits per heavy atom. The van der Waals surface area contributed by atoms with Crippen molar-refractivity contribution in [2.75, 3.05) is 0 Å². The highest BCUT2D eigenvalue weighted by Gasteiger charge is 2.28. The van der Waals surface area contributed by atoms with E-state index in [0.29, 0.717) is 10.8 Å². The van der Waals surface area contributed by atoms with Crippen molar-refractivity contribution in [3.05, 3.63) is 64.7 Å². The molecule has 1 atom stereocenters. The number of carbonyl (C=O) groups excluding carboxylic acids is 2. The monoisotopic (exact) mass is 373 g/mol. The van der Waals surface area contributed by atoms with Gasteiger partial charge in [-0.2, -0.15) is 0 Å². The highest BCUT2D eigenvalue weighted by Crippen LogP contribution is 2.23. The third kappa shape index (κ3) is 4.76. The molecule has 136 valence electrons. The fourth-order valence-corrected chi connectivity index (χ4v) is 2.55. The fraction of sp³-hybridized carbons (Fsp3) is 0.300. The zero-order valence-electron chi connectivity index (χ0n) is 14.4. The number of halogens is 1. The van der Waals surface area contributed by atoms with Crippen LogP contribution in [0.3, 0.4) is 0 Å². The van der Waals surface area contributed by atoms with Crippen LogP contribution < -0.4 is 10.1 Å². The second-order valence-electron chi connectivity index (χ2n) is 6.21. The normalized spacial score (nSPS) is 14.4. The van der Waals surface area contributed by atoms with E-state index in [1.54, 1.807) is 37.3 Å². The van der Waals surface area contributed by atoms with Crippen LogP contribution >= 0.6 is 11.6 Å². The number of nitrogens with one attached hydrogen (secondary N) is 1. The quantitative estimate of drug-likeness (QED) is 0.751. The Bertz CT molecular complexity index is 804. The van der Waals surface area contributed by atoms with Gasteiger partial charge in [0.05, 0.1) is 0 Å². The van der Waals surface area contributed by atoms with Gasteiger partial charge in [-0.3, -0.25) is 4.79 Å². The SMILES string of the molecule is C[C@H](OC(=O)c1ccccc1OCc1ccccc1Cl)C(=O)NC1CC1. The van der Waals surface area contributed by atoms with Crippen LogP contribution in [0.5, 0.6) is 5.75 Å². The van der Waals surface area contributed by atoms with Gasteiger partial charge >= 0.3 is 5.97 Å². The van der Waals surface area contributed by atoms with E-state index in [9.17, 15) is 9.59 Å². The molecule has 3 rings (SSSR count). The molecular formula is C20H20ClNO4. The number of benzene rings is 2. The largest absolute Gasteiger partial charge is 0.488 e. The van der Waals surface area contributed by atoms with Gasteiger partial charge in [0, 0.05) is 16.6 Å². The predicted octanol–water partition coefficient (Wildman–Crippen LogP) is 3.74. The summed E-state index contributed by atoms with van der Waals surface area (Å²) in [5.74, 6) is -0.499. The summed E-state index contributed by atoms with van der Waals surface area (Å²) in [7, 11) is 0. The topological polar surface area (TPSA) is 64.6 Å². The molecule has 0 unspecified atom stereocenters. The van der Waals surface area contributed by atoms with Crippen molar-refractivity contribution < 1.29 is 19.1 Å². The molecule has 2 aromatic rings. The van der Waals surface area contributed by atoms with Crippen LogP contribution in [0, 0.1) is 0 Å². The number of rotatable bonds is 7. The van der Waals surface area contributed by atoms with Crippen LogP contribution in [-0.4, -0.2) is 24.0 Å². The first-order valence-electron chi connectivity index (χ1n) is 8.51. The summed E-state index contributed by atoms with van der Waals surface area (Å²) in [6, 6.07) is 14.3. The number of esters is 1. The van der Waals surface area contributed by atoms with Crippen molar-refractivity contribution in [3.8, 4) is 5.75 Å². The lowest BCUT2D eigenvalue weighted by molar-refractivity contribution is -0.129. The maximum atomic E-state index is 12.5. The van der Waals surface area contributed by atoms with Crippen molar-refractivity contribution >= 4 is 23.5 Å². The Hall–Kier alpha value is -2.53. The van der Waals surface area contributed by atoms with Gasteiger partial charge in [0.25, 0.3) is 5.91 Å². The number of ether oxygens (including phenoxy) is 2. The van der Waals surface area contributed by atoms with E-state index in [2.05, 4.69) is 5.32 Å². The molecular weight excluding hydrogens is 354 g/mol. The molecule has 1 N–H and O–H groups in total. The highest BCUT2D eigenvalue weighted by atomic mass is 35.5. The first-order chi connectivity index (χ1) is 12.5. The molecule has 1 aliphatic rings. The fourth-order valence-electron chi connectivity index (χ4n) is 2.36. The number of carbonyl (C=O) groups is 2. The van der Waals surface area contributed by atoms with Gasteiger partial charge in [0.2, 0.25) is 0 Å². The zero-order valence-corrected chi connectivity index (χ0v) is 15.2. The van der Waals surface area contributed by atoms with Crippen LogP contribution in [0.4, 0.5) is 0 Å². The summed E-state index contributed by atoms with van der Waals surface area (Å²) in [5, 5.41) is 3.41. The van der Waals surface area contributed by atoms with Gasteiger partial charge in [-0.1, -0.05) is 41.9 Å². The van der Waals surface area contributed by atoms with Gasteiger partial charge in [0.1, 0.15) is 17.9 Å². The third-order valence-corrected chi connectivity index (χ3v) is 4.39. The Kier molecular flexibility index (Phi) is 5.78. The Morgan fingerprint density at radius 3 is 2.58 bits per heavy atom. The Labute approximate surface area is 157 Å². The molecule has 1 aliphatic carbocycles. The van der Waals surface area contributed by atoms with E-state index in [1.165, 1.54) is 0 Å². The van der Waals surface area contributed by atoms with E-state index in [1.807, 2.05) is 18.2 Å². The maximum absolute atomic E-state index is 12.5. The molecule has 5 nitrogen and oxygen atoms in total. The summed E-state index contributed by atoms with van der Waals surface area (Å²) in [5.41, 5.74) is 1.08. The van der Waals surface area contributed by atoms with E-state index in [-0.39, 0.29) is 24.1 Å². The van der Waals surface area contributed by atoms with E-state index >= 15 is 0 Å². The number of hydrogen-bond donors (Lipinski definition) is 1. The first-order valence-corrected chi connectivity index (χ1v) is 8.89. The number of hydrogen-bond acceptors (Lipinski definition) is 4. The molecule has 2 aromatic carbocycles. The molecule has 1 fully saturated rings. The molecule has 0 aromatic heterocycles. The molecule has 0 spiro atoms. The van der Waals surface area contributed by atoms with Crippen LogP contribution in [-0.2, 0) is 16.1 Å². The van der Waals surface area contributed by atoms with Crippen molar-refractivity contribution in [2.45, 2.75) is 38.5 Å². The van der Waals surface area contributed by atoms with E-state index in [4.69, 9.17) is 21.1 Å². The summed E-state index contributed by atoms with van der Waals surface area (Å²) in [6.07, 6.45) is 1.09. The van der Waals surface area contributed by atoms with Gasteiger partial charge in [-0.15, -0.1) is 0 Å². The van der Waals surface area contributed by atoms with Gasteiger partial charge in [-0.05, 0) is 38.0 Å². The van der Waals surface area contributed by atoms with Gasteiger partial charge in [0.15, 0.2) is 6.10 Å². The van der Waals surface area contributed by atoms with Crippen molar-refractivity contribution in [1.82, 2.24) is 5.32 Å². The molecule has 0 radical (unpaired) electrons. The minimum atomic E-state index is -0.861. The molecule has 0 heterocycles. The van der Waals surface area contributed by atoms with E-state index < -0.39 is 12.1 Å². The second kappa shape index (κ2) is 8.23. The molecule has 26 heavy (non-hydrogen) atoms. The number of para-hydroxylation sites is 1. The first kappa shape index (κ1) is 18.3. The van der Waals surface area contributed by atoms with Crippen molar-refractivity contribution in [1.29, 1.82) is 0 Å². The molecule has 1 saturated carbocycles. The standard InChI is InChI=1S/C20H20ClNO4/c1-13(19(23)22-15-10-11-15)26-20(24)16-7-3-5-9-18(16)25-12-14-6-2-4-8-17(14)21/h2-9,13,15H,10-12H2,1H3,(H,22,23)/t13-/m0/s1. The maximum Gasteiger partial charge on any atom is 0.342 e. The van der Waals surface area contributed by atoms with E-state index in [0.717, 1.165) is 18.4 Å². The highest BCUT2D eigenvalue weighted by molar-refractivity contribution is 6.31. The average molecular weight is 374 g/mol. The Morgan fingerprint density at radius 1 is 1.15 bits per heavy atom. The minimum absolute atomic E-state index is 0.217. The summed E-state index contributed by atoms with van der Waals surface area (Å²) in [4.78, 5) is 24.4. The average Bonchev–Trinajstić information content (AvgIpc) is 3.45. The molecule has 0 aliphatic heterocycles. The molecule has 0 saturated heterocycles. The van der Waals surface area contributed by atoms with Crippen LogP contribution in [0.15, 0.2) is 48.5 Å². The van der Waals surface area contributed by atoms with Gasteiger partial charge < -0.3 is 14.8 Å². The second-order valence-corrected chi connectivity index (χ2v) is 6.61. The lowest BCUT2D eigenvalue weighted by atomic mass is 10.2. The third-order valence-electron chi connectivity index (χ3n) is 4.02. The summed E-state index contributed by atoms with van der Waals surface area (Å²) >= 11 is 6.13. The predicted molar refractivity (Wildman–Crippen MR) is 98.3 cm³/mol. The van der Waals surface area contributed by atoms with Gasteiger partial charge in [-0.25, -0.2) is 4.79 Å². The molecule has 1 amide bonds. The lowest BCUT2D eigenvalue weighted by Gasteiger charge is -2.15.